The summed E-state index contributed by atoms with van der Waals surface area (Å²) in [6.45, 7) is 0. The molecule has 3 rings (SSSR count). The average molecular weight is 404 g/mol. The van der Waals surface area contributed by atoms with Gasteiger partial charge in [-0.1, -0.05) is 5.16 Å². The highest BCUT2D eigenvalue weighted by Crippen LogP contribution is 2.36. The first kappa shape index (κ1) is 19.5. The maximum Gasteiger partial charge on any atom is 0.435 e. The van der Waals surface area contributed by atoms with Crippen molar-refractivity contribution in [1.29, 1.82) is 0 Å². The minimum Gasteiger partial charge on any atom is -0.361 e. The molecule has 3 aromatic rings. The molecule has 28 heavy (non-hydrogen) atoms. The smallest absolute Gasteiger partial charge is 0.361 e. The molecule has 1 N–H and O–H groups in total. The fourth-order valence-corrected chi connectivity index (χ4v) is 2.30. The van der Waals surface area contributed by atoms with Gasteiger partial charge in [0.15, 0.2) is 5.69 Å². The van der Waals surface area contributed by atoms with Gasteiger partial charge in [-0.2, -0.15) is 31.4 Å². The van der Waals surface area contributed by atoms with E-state index in [1.165, 1.54) is 24.4 Å². The Morgan fingerprint density at radius 1 is 1.04 bits per heavy atom. The van der Waals surface area contributed by atoms with Crippen molar-refractivity contribution in [3.63, 3.8) is 0 Å². The first-order valence-corrected chi connectivity index (χ1v) is 7.58. The lowest BCUT2D eigenvalue weighted by Gasteiger charge is -2.11. The topological polar surface area (TPSA) is 73.0 Å². The largest absolute Gasteiger partial charge is 0.435 e. The quantitative estimate of drug-likeness (QED) is 0.666. The fourth-order valence-electron chi connectivity index (χ4n) is 2.30. The first-order valence-electron chi connectivity index (χ1n) is 7.58. The Bertz CT molecular complexity index is 959. The number of benzene rings is 1. The number of hydrogen-bond donors (Lipinski definition) is 1. The molecule has 0 aliphatic carbocycles. The number of anilines is 1. The van der Waals surface area contributed by atoms with Gasteiger partial charge in [-0.25, -0.2) is 4.68 Å². The Balaban J connectivity index is 1.83. The number of rotatable bonds is 4. The fraction of sp³-hybridized carbons (Fsp3) is 0.188. The minimum absolute atomic E-state index is 0.0624. The predicted molar refractivity (Wildman–Crippen MR) is 82.4 cm³/mol. The monoisotopic (exact) mass is 404 g/mol. The van der Waals surface area contributed by atoms with Crippen LogP contribution in [-0.4, -0.2) is 20.8 Å². The molecule has 0 saturated carbocycles. The van der Waals surface area contributed by atoms with E-state index in [0.717, 1.165) is 12.1 Å². The molecule has 0 fully saturated rings. The van der Waals surface area contributed by atoms with E-state index in [2.05, 4.69) is 15.6 Å². The van der Waals surface area contributed by atoms with Gasteiger partial charge in [-0.15, -0.1) is 0 Å². The molecular weight excluding hydrogens is 394 g/mol. The SMILES string of the molecule is O=C(Cc1ccno1)Nc1ccc(-n2nc(C(F)(F)F)cc2C(F)(F)F)cc1. The Labute approximate surface area is 152 Å². The average Bonchev–Trinajstić information content (AvgIpc) is 3.23. The molecule has 2 aromatic heterocycles. The Morgan fingerprint density at radius 3 is 2.25 bits per heavy atom. The maximum absolute atomic E-state index is 13.1. The van der Waals surface area contributed by atoms with Crippen molar-refractivity contribution in [3.8, 4) is 5.69 Å². The zero-order valence-electron chi connectivity index (χ0n) is 13.7. The third-order valence-corrected chi connectivity index (χ3v) is 3.51. The highest BCUT2D eigenvalue weighted by molar-refractivity contribution is 5.91. The number of hydrogen-bond acceptors (Lipinski definition) is 4. The van der Waals surface area contributed by atoms with Crippen LogP contribution in [0.1, 0.15) is 17.1 Å². The second-order valence-corrected chi connectivity index (χ2v) is 5.57. The zero-order valence-corrected chi connectivity index (χ0v) is 13.7. The summed E-state index contributed by atoms with van der Waals surface area (Å²) in [4.78, 5) is 11.8. The van der Waals surface area contributed by atoms with Crippen LogP contribution in [0.4, 0.5) is 32.0 Å². The van der Waals surface area contributed by atoms with E-state index >= 15 is 0 Å². The minimum atomic E-state index is -5.04. The number of halogens is 6. The van der Waals surface area contributed by atoms with Gasteiger partial charge in [0, 0.05) is 17.8 Å². The molecule has 148 valence electrons. The molecule has 0 aliphatic heterocycles. The standard InChI is InChI=1S/C16H10F6N4O2/c17-15(18,19)12-8-13(16(20,21)22)26(25-12)10-3-1-9(2-4-10)24-14(27)7-11-5-6-23-28-11/h1-6,8H,7H2,(H,24,27). The van der Waals surface area contributed by atoms with E-state index < -0.39 is 29.6 Å². The van der Waals surface area contributed by atoms with Crippen LogP contribution in [0.5, 0.6) is 0 Å². The van der Waals surface area contributed by atoms with Crippen molar-refractivity contribution >= 4 is 11.6 Å². The molecule has 1 aromatic carbocycles. The molecule has 1 amide bonds. The molecule has 0 saturated heterocycles. The molecule has 0 radical (unpaired) electrons. The molecule has 0 atom stereocenters. The normalized spacial score (nSPS) is 12.2. The van der Waals surface area contributed by atoms with Crippen molar-refractivity contribution in [1.82, 2.24) is 14.9 Å². The van der Waals surface area contributed by atoms with Crippen molar-refractivity contribution < 1.29 is 35.7 Å². The van der Waals surface area contributed by atoms with Gasteiger partial charge in [0.1, 0.15) is 11.5 Å². The van der Waals surface area contributed by atoms with Crippen LogP contribution < -0.4 is 5.32 Å². The number of nitrogens with one attached hydrogen (secondary N) is 1. The number of amides is 1. The van der Waals surface area contributed by atoms with Crippen LogP contribution in [-0.2, 0) is 23.6 Å². The van der Waals surface area contributed by atoms with Crippen LogP contribution in [0.3, 0.4) is 0 Å². The van der Waals surface area contributed by atoms with Crippen molar-refractivity contribution in [2.24, 2.45) is 0 Å². The van der Waals surface area contributed by atoms with Crippen molar-refractivity contribution in [2.45, 2.75) is 18.8 Å². The molecule has 12 heteroatoms. The van der Waals surface area contributed by atoms with E-state index in [-0.39, 0.29) is 28.5 Å². The summed E-state index contributed by atoms with van der Waals surface area (Å²) in [6, 6.07) is 6.11. The van der Waals surface area contributed by atoms with Gasteiger partial charge in [0.2, 0.25) is 5.91 Å². The van der Waals surface area contributed by atoms with Gasteiger partial charge in [-0.3, -0.25) is 4.79 Å². The molecular formula is C16H10F6N4O2. The zero-order chi connectivity index (χ0) is 20.5. The summed E-state index contributed by atoms with van der Waals surface area (Å²) in [5.41, 5.74) is -3.26. The van der Waals surface area contributed by atoms with Crippen molar-refractivity contribution in [3.05, 3.63) is 59.7 Å². The summed E-state index contributed by atoms with van der Waals surface area (Å²) in [6.07, 6.45) is -8.83. The summed E-state index contributed by atoms with van der Waals surface area (Å²) in [5.74, 6) is -0.168. The second-order valence-electron chi connectivity index (χ2n) is 5.57. The van der Waals surface area contributed by atoms with E-state index in [0.29, 0.717) is 5.76 Å². The van der Waals surface area contributed by atoms with Crippen LogP contribution >= 0.6 is 0 Å². The number of carbonyl (C=O) groups is 1. The lowest BCUT2D eigenvalue weighted by Crippen LogP contribution is -2.15. The highest BCUT2D eigenvalue weighted by atomic mass is 19.4. The van der Waals surface area contributed by atoms with E-state index in [1.54, 1.807) is 0 Å². The number of carbonyl (C=O) groups excluding carboxylic acids is 1. The summed E-state index contributed by atoms with van der Waals surface area (Å²) < 4.78 is 82.4. The summed E-state index contributed by atoms with van der Waals surface area (Å²) in [7, 11) is 0. The van der Waals surface area contributed by atoms with Gasteiger partial charge in [0.25, 0.3) is 0 Å². The van der Waals surface area contributed by atoms with Crippen LogP contribution in [0.25, 0.3) is 5.69 Å². The van der Waals surface area contributed by atoms with Crippen LogP contribution in [0.15, 0.2) is 47.1 Å². The first-order chi connectivity index (χ1) is 13.0. The number of alkyl halides is 6. The van der Waals surface area contributed by atoms with Gasteiger partial charge in [-0.05, 0) is 24.3 Å². The Hall–Kier alpha value is -3.31. The molecule has 0 unspecified atom stereocenters. The number of aromatic nitrogens is 3. The number of nitrogens with zero attached hydrogens (tertiary/aromatic N) is 3. The van der Waals surface area contributed by atoms with Crippen molar-refractivity contribution in [2.75, 3.05) is 5.32 Å². The molecule has 2 heterocycles. The van der Waals surface area contributed by atoms with E-state index in [4.69, 9.17) is 4.52 Å². The predicted octanol–water partition coefficient (Wildman–Crippen LogP) is 4.08. The van der Waals surface area contributed by atoms with E-state index in [1.807, 2.05) is 0 Å². The maximum atomic E-state index is 13.1. The molecule has 0 spiro atoms. The van der Waals surface area contributed by atoms with E-state index in [9.17, 15) is 31.1 Å². The molecule has 0 aliphatic rings. The van der Waals surface area contributed by atoms with Gasteiger partial charge >= 0.3 is 12.4 Å². The lowest BCUT2D eigenvalue weighted by molar-refractivity contribution is -0.143. The second kappa shape index (κ2) is 7.02. The molecule has 6 nitrogen and oxygen atoms in total. The van der Waals surface area contributed by atoms with Crippen LogP contribution in [0, 0.1) is 0 Å². The third kappa shape index (κ3) is 4.32. The summed E-state index contributed by atoms with van der Waals surface area (Å²) in [5, 5.41) is 8.94. The van der Waals surface area contributed by atoms with Gasteiger partial charge in [0.05, 0.1) is 18.3 Å². The molecule has 0 bridgehead atoms. The Morgan fingerprint density at radius 2 is 1.71 bits per heavy atom. The highest BCUT2D eigenvalue weighted by Gasteiger charge is 2.42. The van der Waals surface area contributed by atoms with Gasteiger partial charge < -0.3 is 9.84 Å². The summed E-state index contributed by atoms with van der Waals surface area (Å²) >= 11 is 0. The third-order valence-electron chi connectivity index (χ3n) is 3.51. The lowest BCUT2D eigenvalue weighted by atomic mass is 10.2. The van der Waals surface area contributed by atoms with Crippen LogP contribution in [0.2, 0.25) is 0 Å². The Kier molecular flexibility index (Phi) is 4.87.